The fraction of sp³-hybridized carbons (Fsp3) is 0.360. The van der Waals surface area contributed by atoms with Gasteiger partial charge in [0.2, 0.25) is 0 Å². The summed E-state index contributed by atoms with van der Waals surface area (Å²) in [5, 5.41) is 3.08. The first-order valence-electron chi connectivity index (χ1n) is 11.0. The van der Waals surface area contributed by atoms with Crippen molar-refractivity contribution in [2.24, 2.45) is 0 Å². The Kier molecular flexibility index (Phi) is 6.87. The quantitative estimate of drug-likeness (QED) is 0.599. The van der Waals surface area contributed by atoms with Crippen LogP contribution in [0.1, 0.15) is 16.1 Å². The zero-order chi connectivity index (χ0) is 22.5. The maximum atomic E-state index is 13.1. The molecule has 7 nitrogen and oxygen atoms in total. The highest BCUT2D eigenvalue weighted by Gasteiger charge is 2.20. The van der Waals surface area contributed by atoms with Crippen molar-refractivity contribution in [2.45, 2.75) is 6.92 Å². The molecule has 1 amide bonds. The lowest BCUT2D eigenvalue weighted by Gasteiger charge is -2.32. The van der Waals surface area contributed by atoms with E-state index in [0.29, 0.717) is 23.8 Å². The molecule has 0 bridgehead atoms. The minimum absolute atomic E-state index is 0.137. The molecule has 4 rings (SSSR count). The smallest absolute Gasteiger partial charge is 0.270 e. The zero-order valence-corrected chi connectivity index (χ0v) is 19.0. The van der Waals surface area contributed by atoms with E-state index in [9.17, 15) is 4.79 Å². The summed E-state index contributed by atoms with van der Waals surface area (Å²) in [6.07, 6.45) is 0. The monoisotopic (exact) mass is 433 g/mol. The first-order chi connectivity index (χ1) is 15.5. The fourth-order valence-electron chi connectivity index (χ4n) is 3.83. The van der Waals surface area contributed by atoms with E-state index < -0.39 is 0 Å². The van der Waals surface area contributed by atoms with Crippen LogP contribution in [0.25, 0.3) is 22.6 Å². The van der Waals surface area contributed by atoms with Crippen molar-refractivity contribution in [3.8, 4) is 28.4 Å². The Balaban J connectivity index is 1.53. The second-order valence-electron chi connectivity index (χ2n) is 8.30. The number of benzene rings is 2. The largest absolute Gasteiger partial charge is 0.497 e. The van der Waals surface area contributed by atoms with E-state index in [1.807, 2.05) is 55.5 Å². The number of aryl methyl sites for hydroxylation is 1. The van der Waals surface area contributed by atoms with Crippen molar-refractivity contribution in [2.75, 3.05) is 53.4 Å². The predicted octanol–water partition coefficient (Wildman–Crippen LogP) is 3.04. The van der Waals surface area contributed by atoms with Gasteiger partial charge in [-0.1, -0.05) is 29.8 Å². The van der Waals surface area contributed by atoms with E-state index in [0.717, 1.165) is 55.2 Å². The van der Waals surface area contributed by atoms with Crippen LogP contribution in [0, 0.1) is 6.92 Å². The molecule has 3 aromatic rings. The molecule has 1 aliphatic rings. The summed E-state index contributed by atoms with van der Waals surface area (Å²) < 4.78 is 5.25. The molecule has 2 heterocycles. The summed E-state index contributed by atoms with van der Waals surface area (Å²) in [7, 11) is 3.78. The van der Waals surface area contributed by atoms with Gasteiger partial charge in [0, 0.05) is 50.4 Å². The molecule has 0 radical (unpaired) electrons. The summed E-state index contributed by atoms with van der Waals surface area (Å²) in [5.41, 5.74) is 4.12. The predicted molar refractivity (Wildman–Crippen MR) is 127 cm³/mol. The molecule has 32 heavy (non-hydrogen) atoms. The van der Waals surface area contributed by atoms with Crippen molar-refractivity contribution in [3.63, 3.8) is 0 Å². The number of aromatic nitrogens is 2. The number of imidazole rings is 1. The van der Waals surface area contributed by atoms with Crippen LogP contribution in [-0.4, -0.2) is 79.1 Å². The average molecular weight is 434 g/mol. The summed E-state index contributed by atoms with van der Waals surface area (Å²) in [5.74, 6) is 1.30. The Bertz CT molecular complexity index is 1040. The molecule has 168 valence electrons. The standard InChI is InChI=1S/C25H31N5O2/c1-18-4-6-19(7-5-18)22-23(25(31)26-12-13-30-16-14-29(2)15-17-30)28-24(27-22)20-8-10-21(32-3)11-9-20/h4-11H,12-17H2,1-3H3,(H,26,31)(H,27,28). The van der Waals surface area contributed by atoms with Gasteiger partial charge < -0.3 is 19.9 Å². The van der Waals surface area contributed by atoms with Crippen molar-refractivity contribution in [3.05, 3.63) is 59.8 Å². The Hall–Kier alpha value is -3.16. The molecular formula is C25H31N5O2. The van der Waals surface area contributed by atoms with Crippen molar-refractivity contribution in [1.29, 1.82) is 0 Å². The Morgan fingerprint density at radius 3 is 2.34 bits per heavy atom. The summed E-state index contributed by atoms with van der Waals surface area (Å²) in [4.78, 5) is 25.9. The van der Waals surface area contributed by atoms with Gasteiger partial charge in [-0.3, -0.25) is 9.69 Å². The third kappa shape index (κ3) is 5.18. The van der Waals surface area contributed by atoms with Gasteiger partial charge in [0.25, 0.3) is 5.91 Å². The minimum Gasteiger partial charge on any atom is -0.497 e. The number of amides is 1. The average Bonchev–Trinajstić information content (AvgIpc) is 3.26. The highest BCUT2D eigenvalue weighted by atomic mass is 16.5. The SMILES string of the molecule is COc1ccc(-c2nc(-c3ccc(C)cc3)c(C(=O)NCCN3CCN(C)CC3)[nH]2)cc1. The maximum absolute atomic E-state index is 13.1. The van der Waals surface area contributed by atoms with E-state index >= 15 is 0 Å². The number of likely N-dealkylation sites (N-methyl/N-ethyl adjacent to an activating group) is 1. The number of nitrogens with zero attached hydrogens (tertiary/aromatic N) is 3. The number of carbonyl (C=O) groups is 1. The number of rotatable bonds is 7. The number of carbonyl (C=O) groups excluding carboxylic acids is 1. The molecule has 1 aromatic heterocycles. The van der Waals surface area contributed by atoms with Crippen LogP contribution in [0.2, 0.25) is 0 Å². The van der Waals surface area contributed by atoms with Gasteiger partial charge >= 0.3 is 0 Å². The topological polar surface area (TPSA) is 73.5 Å². The molecule has 1 fully saturated rings. The van der Waals surface area contributed by atoms with Gasteiger partial charge in [-0.15, -0.1) is 0 Å². The van der Waals surface area contributed by atoms with Gasteiger partial charge in [-0.2, -0.15) is 0 Å². The van der Waals surface area contributed by atoms with Crippen LogP contribution >= 0.6 is 0 Å². The van der Waals surface area contributed by atoms with E-state index in [2.05, 4.69) is 27.1 Å². The lowest BCUT2D eigenvalue weighted by Crippen LogP contribution is -2.46. The Labute approximate surface area is 189 Å². The molecule has 7 heteroatoms. The zero-order valence-electron chi connectivity index (χ0n) is 19.0. The van der Waals surface area contributed by atoms with Crippen LogP contribution < -0.4 is 10.1 Å². The van der Waals surface area contributed by atoms with Gasteiger partial charge in [0.1, 0.15) is 23.0 Å². The molecule has 0 unspecified atom stereocenters. The number of aromatic amines is 1. The number of hydrogen-bond donors (Lipinski definition) is 2. The van der Waals surface area contributed by atoms with Crippen LogP contribution in [0.5, 0.6) is 5.75 Å². The fourth-order valence-corrected chi connectivity index (χ4v) is 3.83. The first-order valence-corrected chi connectivity index (χ1v) is 11.0. The second-order valence-corrected chi connectivity index (χ2v) is 8.30. The van der Waals surface area contributed by atoms with Gasteiger partial charge in [-0.05, 0) is 38.2 Å². The van der Waals surface area contributed by atoms with E-state index in [1.165, 1.54) is 0 Å². The van der Waals surface area contributed by atoms with Gasteiger partial charge in [-0.25, -0.2) is 4.98 Å². The van der Waals surface area contributed by atoms with Crippen LogP contribution in [0.4, 0.5) is 0 Å². The molecular weight excluding hydrogens is 402 g/mol. The number of piperazine rings is 1. The number of H-pyrrole nitrogens is 1. The molecule has 0 atom stereocenters. The lowest BCUT2D eigenvalue weighted by atomic mass is 10.1. The van der Waals surface area contributed by atoms with Crippen molar-refractivity contribution >= 4 is 5.91 Å². The Morgan fingerprint density at radius 1 is 1.03 bits per heavy atom. The number of methoxy groups -OCH3 is 1. The molecule has 2 aromatic carbocycles. The first kappa shape index (κ1) is 22.0. The highest BCUT2D eigenvalue weighted by Crippen LogP contribution is 2.27. The number of ether oxygens (including phenoxy) is 1. The van der Waals surface area contributed by atoms with Crippen LogP contribution in [-0.2, 0) is 0 Å². The number of hydrogen-bond acceptors (Lipinski definition) is 5. The summed E-state index contributed by atoms with van der Waals surface area (Å²) in [6.45, 7) is 7.70. The molecule has 0 saturated carbocycles. The number of nitrogens with one attached hydrogen (secondary N) is 2. The van der Waals surface area contributed by atoms with Gasteiger partial charge in [0.05, 0.1) is 7.11 Å². The molecule has 0 spiro atoms. The van der Waals surface area contributed by atoms with Crippen LogP contribution in [0.15, 0.2) is 48.5 Å². The maximum Gasteiger partial charge on any atom is 0.270 e. The minimum atomic E-state index is -0.137. The lowest BCUT2D eigenvalue weighted by molar-refractivity contribution is 0.0937. The van der Waals surface area contributed by atoms with E-state index in [1.54, 1.807) is 7.11 Å². The molecule has 0 aliphatic carbocycles. The van der Waals surface area contributed by atoms with Crippen LogP contribution in [0.3, 0.4) is 0 Å². The second kappa shape index (κ2) is 9.97. The van der Waals surface area contributed by atoms with Crippen molar-refractivity contribution in [1.82, 2.24) is 25.1 Å². The van der Waals surface area contributed by atoms with E-state index in [4.69, 9.17) is 9.72 Å². The Morgan fingerprint density at radius 2 is 1.69 bits per heavy atom. The normalized spacial score (nSPS) is 15.0. The molecule has 1 aliphatic heterocycles. The van der Waals surface area contributed by atoms with Gasteiger partial charge in [0.15, 0.2) is 0 Å². The van der Waals surface area contributed by atoms with Crippen molar-refractivity contribution < 1.29 is 9.53 Å². The summed E-state index contributed by atoms with van der Waals surface area (Å²) in [6, 6.07) is 15.7. The highest BCUT2D eigenvalue weighted by molar-refractivity contribution is 5.99. The third-order valence-corrected chi connectivity index (χ3v) is 5.93. The third-order valence-electron chi connectivity index (χ3n) is 5.93. The molecule has 2 N–H and O–H groups in total. The molecule has 1 saturated heterocycles. The summed E-state index contributed by atoms with van der Waals surface area (Å²) >= 11 is 0. The van der Waals surface area contributed by atoms with E-state index in [-0.39, 0.29) is 5.91 Å².